The van der Waals surface area contributed by atoms with Crippen LogP contribution in [0.15, 0.2) is 42.5 Å². The zero-order chi connectivity index (χ0) is 22.6. The van der Waals surface area contributed by atoms with Crippen LogP contribution in [0.5, 0.6) is 16.7 Å². The molecule has 172 valence electrons. The molecule has 4 atom stereocenters. The van der Waals surface area contributed by atoms with E-state index in [2.05, 4.69) is 10.3 Å². The van der Waals surface area contributed by atoms with Crippen LogP contribution in [0.25, 0.3) is 10.2 Å². The summed E-state index contributed by atoms with van der Waals surface area (Å²) >= 11 is 1.31. The highest BCUT2D eigenvalue weighted by atomic mass is 32.1. The molecular formula is C24H25FN4O3S. The fraction of sp³-hybridized carbons (Fsp3) is 0.417. The molecule has 3 fully saturated rings. The van der Waals surface area contributed by atoms with E-state index >= 15 is 0 Å². The Morgan fingerprint density at radius 3 is 2.82 bits per heavy atom. The van der Waals surface area contributed by atoms with Gasteiger partial charge in [-0.3, -0.25) is 0 Å². The number of fused-ring (bicyclic) bond motifs is 2. The maximum atomic E-state index is 13.4. The highest BCUT2D eigenvalue weighted by Crippen LogP contribution is 2.63. The molecule has 1 saturated carbocycles. The van der Waals surface area contributed by atoms with Crippen molar-refractivity contribution >= 4 is 27.6 Å². The summed E-state index contributed by atoms with van der Waals surface area (Å²) in [5, 5.41) is 4.08. The van der Waals surface area contributed by atoms with E-state index in [0.717, 1.165) is 42.7 Å². The molecule has 2 bridgehead atoms. The molecule has 1 aromatic heterocycles. The molecule has 3 aliphatic rings. The fourth-order valence-electron chi connectivity index (χ4n) is 5.76. The smallest absolute Gasteiger partial charge is 0.315 e. The number of rotatable bonds is 7. The first-order chi connectivity index (χ1) is 16.0. The predicted octanol–water partition coefficient (Wildman–Crippen LogP) is 4.27. The Balaban J connectivity index is 0.978. The molecule has 2 unspecified atom stereocenters. The molecular weight excluding hydrogens is 443 g/mol. The van der Waals surface area contributed by atoms with Gasteiger partial charge in [0.15, 0.2) is 0 Å². The molecule has 2 aromatic carbocycles. The number of halogens is 1. The Bertz CT molecular complexity index is 1200. The van der Waals surface area contributed by atoms with Crippen LogP contribution in [-0.2, 0) is 0 Å². The SMILES string of the molecule is NC(=O)N1C2CC(NCCOc3ccc(Oc4nc5ccc(F)cc5s4)cc3)C[C@]13C[C@H]3C2. The average molecular weight is 469 g/mol. The minimum Gasteiger partial charge on any atom is -0.492 e. The summed E-state index contributed by atoms with van der Waals surface area (Å²) in [5.74, 6) is 1.77. The van der Waals surface area contributed by atoms with Gasteiger partial charge in [0.25, 0.3) is 5.19 Å². The average Bonchev–Trinajstić information content (AvgIpc) is 3.18. The van der Waals surface area contributed by atoms with Crippen LogP contribution < -0.4 is 20.5 Å². The molecule has 3 aromatic rings. The highest BCUT2D eigenvalue weighted by molar-refractivity contribution is 7.20. The minimum atomic E-state index is -0.284. The number of urea groups is 1. The number of hydrogen-bond acceptors (Lipinski definition) is 6. The summed E-state index contributed by atoms with van der Waals surface area (Å²) in [6, 6.07) is 12.3. The van der Waals surface area contributed by atoms with Gasteiger partial charge in [-0.25, -0.2) is 14.2 Å². The van der Waals surface area contributed by atoms with Gasteiger partial charge in [-0.2, -0.15) is 0 Å². The van der Waals surface area contributed by atoms with E-state index in [9.17, 15) is 9.18 Å². The van der Waals surface area contributed by atoms with Crippen LogP contribution in [0, 0.1) is 11.7 Å². The Morgan fingerprint density at radius 2 is 2.03 bits per heavy atom. The van der Waals surface area contributed by atoms with Crippen molar-refractivity contribution in [3.8, 4) is 16.7 Å². The fourth-order valence-corrected chi connectivity index (χ4v) is 6.62. The Kier molecular flexibility index (Phi) is 4.92. The van der Waals surface area contributed by atoms with E-state index in [1.54, 1.807) is 6.07 Å². The lowest BCUT2D eigenvalue weighted by molar-refractivity contribution is 0.108. The molecule has 3 N–H and O–H groups in total. The van der Waals surface area contributed by atoms with Crippen molar-refractivity contribution in [2.75, 3.05) is 13.2 Å². The first kappa shape index (κ1) is 20.7. The van der Waals surface area contributed by atoms with Crippen molar-refractivity contribution in [3.63, 3.8) is 0 Å². The van der Waals surface area contributed by atoms with Crippen LogP contribution in [0.4, 0.5) is 9.18 Å². The molecule has 7 nitrogen and oxygen atoms in total. The summed E-state index contributed by atoms with van der Waals surface area (Å²) in [6.07, 6.45) is 4.15. The van der Waals surface area contributed by atoms with Gasteiger partial charge >= 0.3 is 6.03 Å². The van der Waals surface area contributed by atoms with Gasteiger partial charge < -0.3 is 25.4 Å². The standard InChI is InChI=1S/C24H25FN4O3S/c25-15-1-6-20-21(10-15)33-23(28-20)32-19-4-2-18(3-5-19)31-8-7-27-16-11-17-9-14-12-24(14,13-16)29(17)22(26)30/h1-6,10,14,16-17,27H,7-9,11-13H2,(H2,26,30)/t14-,16?,17?,24+/m1/s1. The first-order valence-corrected chi connectivity index (χ1v) is 12.1. The number of nitrogens with one attached hydrogen (secondary N) is 1. The number of nitrogens with zero attached hydrogens (tertiary/aromatic N) is 2. The molecule has 9 heteroatoms. The van der Waals surface area contributed by atoms with E-state index in [-0.39, 0.29) is 23.4 Å². The second-order valence-electron chi connectivity index (χ2n) is 9.21. The number of primary amides is 1. The van der Waals surface area contributed by atoms with Crippen molar-refractivity contribution in [1.82, 2.24) is 15.2 Å². The van der Waals surface area contributed by atoms with Gasteiger partial charge in [0.05, 0.1) is 10.2 Å². The van der Waals surface area contributed by atoms with Gasteiger partial charge in [0.2, 0.25) is 0 Å². The second kappa shape index (κ2) is 7.85. The maximum absolute atomic E-state index is 13.4. The molecule has 2 aliphatic heterocycles. The molecule has 0 radical (unpaired) electrons. The van der Waals surface area contributed by atoms with Crippen LogP contribution in [0.2, 0.25) is 0 Å². The van der Waals surface area contributed by atoms with Gasteiger partial charge in [-0.05, 0) is 74.1 Å². The highest BCUT2D eigenvalue weighted by Gasteiger charge is 2.69. The number of benzene rings is 2. The van der Waals surface area contributed by atoms with E-state index in [1.807, 2.05) is 29.2 Å². The van der Waals surface area contributed by atoms with Gasteiger partial charge in [-0.1, -0.05) is 11.3 Å². The minimum absolute atomic E-state index is 0.0283. The molecule has 1 aliphatic carbocycles. The lowest BCUT2D eigenvalue weighted by atomic mass is 9.93. The molecule has 6 rings (SSSR count). The number of thiazole rings is 1. The molecule has 2 amide bonds. The normalized spacial score (nSPS) is 27.4. The number of nitrogens with two attached hydrogens (primary N) is 1. The summed E-state index contributed by atoms with van der Waals surface area (Å²) in [6.45, 7) is 1.30. The number of piperidine rings is 2. The predicted molar refractivity (Wildman–Crippen MR) is 123 cm³/mol. The Labute approximate surface area is 194 Å². The number of ether oxygens (including phenoxy) is 2. The van der Waals surface area contributed by atoms with E-state index in [1.165, 1.54) is 23.5 Å². The third-order valence-electron chi connectivity index (χ3n) is 7.16. The largest absolute Gasteiger partial charge is 0.492 e. The lowest BCUT2D eigenvalue weighted by Gasteiger charge is -2.41. The monoisotopic (exact) mass is 468 g/mol. The number of aromatic nitrogens is 1. The van der Waals surface area contributed by atoms with Crippen molar-refractivity contribution in [2.24, 2.45) is 11.7 Å². The van der Waals surface area contributed by atoms with Crippen molar-refractivity contribution in [3.05, 3.63) is 48.3 Å². The van der Waals surface area contributed by atoms with Crippen molar-refractivity contribution in [1.29, 1.82) is 0 Å². The van der Waals surface area contributed by atoms with E-state index < -0.39 is 0 Å². The number of amides is 2. The lowest BCUT2D eigenvalue weighted by Crippen LogP contribution is -2.56. The second-order valence-corrected chi connectivity index (χ2v) is 10.2. The molecule has 1 spiro atoms. The Morgan fingerprint density at radius 1 is 1.21 bits per heavy atom. The van der Waals surface area contributed by atoms with Gasteiger partial charge in [0, 0.05) is 24.2 Å². The zero-order valence-corrected chi connectivity index (χ0v) is 18.8. The maximum Gasteiger partial charge on any atom is 0.315 e. The van der Waals surface area contributed by atoms with Gasteiger partial charge in [-0.15, -0.1) is 0 Å². The summed E-state index contributed by atoms with van der Waals surface area (Å²) < 4.78 is 25.8. The molecule has 2 saturated heterocycles. The molecule has 33 heavy (non-hydrogen) atoms. The first-order valence-electron chi connectivity index (χ1n) is 11.3. The number of carbonyl (C=O) groups is 1. The van der Waals surface area contributed by atoms with Crippen LogP contribution in [0.3, 0.4) is 0 Å². The summed E-state index contributed by atoms with van der Waals surface area (Å²) in [5.41, 5.74) is 6.37. The Hall–Kier alpha value is -2.91. The number of carbonyl (C=O) groups excluding carboxylic acids is 1. The summed E-state index contributed by atoms with van der Waals surface area (Å²) in [4.78, 5) is 18.2. The van der Waals surface area contributed by atoms with Crippen LogP contribution in [0.1, 0.15) is 25.7 Å². The number of hydrogen-bond donors (Lipinski definition) is 2. The zero-order valence-electron chi connectivity index (χ0n) is 18.0. The topological polar surface area (TPSA) is 89.7 Å². The van der Waals surface area contributed by atoms with E-state index in [0.29, 0.717) is 35.0 Å². The van der Waals surface area contributed by atoms with Crippen molar-refractivity contribution in [2.45, 2.75) is 43.3 Å². The van der Waals surface area contributed by atoms with Crippen LogP contribution >= 0.6 is 11.3 Å². The third kappa shape index (κ3) is 3.79. The van der Waals surface area contributed by atoms with Crippen LogP contribution in [-0.4, -0.2) is 46.7 Å². The van der Waals surface area contributed by atoms with E-state index in [4.69, 9.17) is 15.2 Å². The quantitative estimate of drug-likeness (QED) is 0.506. The third-order valence-corrected chi connectivity index (χ3v) is 8.05. The van der Waals surface area contributed by atoms with Crippen molar-refractivity contribution < 1.29 is 18.7 Å². The molecule has 3 heterocycles. The van der Waals surface area contributed by atoms with Gasteiger partial charge in [0.1, 0.15) is 23.9 Å². The summed E-state index contributed by atoms with van der Waals surface area (Å²) in [7, 11) is 0.